The van der Waals surface area contributed by atoms with E-state index in [9.17, 15) is 18.4 Å². The van der Waals surface area contributed by atoms with E-state index in [1.165, 1.54) is 24.3 Å². The van der Waals surface area contributed by atoms with Crippen LogP contribution >= 0.6 is 0 Å². The van der Waals surface area contributed by atoms with Crippen molar-refractivity contribution in [1.29, 1.82) is 0 Å². The molecule has 0 bridgehead atoms. The van der Waals surface area contributed by atoms with E-state index in [4.69, 9.17) is 4.74 Å². The van der Waals surface area contributed by atoms with Crippen molar-refractivity contribution in [2.45, 2.75) is 39.4 Å². The normalized spacial score (nSPS) is 10.6. The molecule has 0 aromatic heterocycles. The molecule has 0 saturated carbocycles. The van der Waals surface area contributed by atoms with Gasteiger partial charge in [-0.05, 0) is 31.5 Å². The molecule has 0 aliphatic heterocycles. The lowest BCUT2D eigenvalue weighted by Crippen LogP contribution is -2.28. The first-order chi connectivity index (χ1) is 10.4. The molecule has 0 heterocycles. The summed E-state index contributed by atoms with van der Waals surface area (Å²) in [5, 5.41) is 2.59. The van der Waals surface area contributed by atoms with E-state index in [-0.39, 0.29) is 43.1 Å². The molecule has 1 aromatic rings. The molecule has 22 heavy (non-hydrogen) atoms. The van der Waals surface area contributed by atoms with E-state index in [1.807, 2.05) is 0 Å². The van der Waals surface area contributed by atoms with Crippen molar-refractivity contribution in [3.05, 3.63) is 29.8 Å². The maximum atomic E-state index is 12.0. The Morgan fingerprint density at radius 3 is 2.36 bits per heavy atom. The van der Waals surface area contributed by atoms with Crippen LogP contribution in [0.15, 0.2) is 24.3 Å². The van der Waals surface area contributed by atoms with Crippen LogP contribution in [0.1, 0.15) is 25.8 Å². The third kappa shape index (κ3) is 7.56. The number of hydrogen-bond acceptors (Lipinski definition) is 4. The minimum absolute atomic E-state index is 0.0376. The molecule has 0 saturated heterocycles. The Kier molecular flexibility index (Phi) is 7.28. The molecule has 5 nitrogen and oxygen atoms in total. The summed E-state index contributed by atoms with van der Waals surface area (Å²) in [6.45, 7) is 0.812. The highest BCUT2D eigenvalue weighted by Crippen LogP contribution is 2.15. The zero-order valence-electron chi connectivity index (χ0n) is 12.5. The number of carbonyl (C=O) groups is 2. The van der Waals surface area contributed by atoms with Crippen LogP contribution in [0.3, 0.4) is 0 Å². The summed E-state index contributed by atoms with van der Waals surface area (Å²) in [6.07, 6.45) is 0.0106. The number of amides is 1. The molecule has 122 valence electrons. The number of alkyl halides is 2. The first kappa shape index (κ1) is 17.9. The number of nitrogens with one attached hydrogen (secondary N) is 1. The Bertz CT molecular complexity index is 489. The third-order valence-corrected chi connectivity index (χ3v) is 2.53. The number of carbonyl (C=O) groups excluding carboxylic acids is 2. The minimum atomic E-state index is -2.88. The van der Waals surface area contributed by atoms with Gasteiger partial charge >= 0.3 is 12.6 Å². The van der Waals surface area contributed by atoms with Gasteiger partial charge in [0.25, 0.3) is 0 Å². The summed E-state index contributed by atoms with van der Waals surface area (Å²) >= 11 is 0. The van der Waals surface area contributed by atoms with Gasteiger partial charge in [-0.1, -0.05) is 12.1 Å². The molecule has 1 amide bonds. The van der Waals surface area contributed by atoms with E-state index < -0.39 is 6.61 Å². The van der Waals surface area contributed by atoms with E-state index >= 15 is 0 Å². The SMILES string of the molecule is CC(C)OC(=O)CCNC(=O)Cc1ccc(OC(F)F)cc1. The highest BCUT2D eigenvalue weighted by molar-refractivity contribution is 5.79. The maximum Gasteiger partial charge on any atom is 0.387 e. The minimum Gasteiger partial charge on any atom is -0.463 e. The molecule has 0 aliphatic rings. The second kappa shape index (κ2) is 8.96. The molecule has 0 spiro atoms. The first-order valence-corrected chi connectivity index (χ1v) is 6.86. The molecule has 1 N–H and O–H groups in total. The molecule has 1 rings (SSSR count). The average molecular weight is 315 g/mol. The van der Waals surface area contributed by atoms with Crippen molar-refractivity contribution in [3.8, 4) is 5.75 Å². The van der Waals surface area contributed by atoms with Crippen LogP contribution < -0.4 is 10.1 Å². The maximum absolute atomic E-state index is 12.0. The highest BCUT2D eigenvalue weighted by atomic mass is 19.3. The Labute approximate surface area is 127 Å². The van der Waals surface area contributed by atoms with Crippen LogP contribution in [0.2, 0.25) is 0 Å². The number of rotatable bonds is 8. The topological polar surface area (TPSA) is 64.6 Å². The van der Waals surface area contributed by atoms with E-state index in [0.29, 0.717) is 5.56 Å². The van der Waals surface area contributed by atoms with Crippen LogP contribution in [0.4, 0.5) is 8.78 Å². The van der Waals surface area contributed by atoms with Crippen LogP contribution in [-0.2, 0) is 20.7 Å². The van der Waals surface area contributed by atoms with Crippen molar-refractivity contribution in [3.63, 3.8) is 0 Å². The number of ether oxygens (including phenoxy) is 2. The lowest BCUT2D eigenvalue weighted by Gasteiger charge is -2.09. The fourth-order valence-electron chi connectivity index (χ4n) is 1.66. The first-order valence-electron chi connectivity index (χ1n) is 6.86. The molecule has 1 aromatic carbocycles. The van der Waals surface area contributed by atoms with Gasteiger partial charge in [-0.15, -0.1) is 0 Å². The van der Waals surface area contributed by atoms with Gasteiger partial charge in [-0.2, -0.15) is 8.78 Å². The van der Waals surface area contributed by atoms with Gasteiger partial charge in [-0.3, -0.25) is 9.59 Å². The predicted molar refractivity (Wildman–Crippen MR) is 75.6 cm³/mol. The smallest absolute Gasteiger partial charge is 0.387 e. The number of hydrogen-bond donors (Lipinski definition) is 1. The molecule has 0 fully saturated rings. The van der Waals surface area contributed by atoms with Gasteiger partial charge < -0.3 is 14.8 Å². The monoisotopic (exact) mass is 315 g/mol. The van der Waals surface area contributed by atoms with Crippen molar-refractivity contribution in [2.24, 2.45) is 0 Å². The molecule has 7 heteroatoms. The highest BCUT2D eigenvalue weighted by Gasteiger charge is 2.08. The Hall–Kier alpha value is -2.18. The molecule has 0 unspecified atom stereocenters. The second-order valence-corrected chi connectivity index (χ2v) is 4.84. The number of halogens is 2. The fraction of sp³-hybridized carbons (Fsp3) is 0.467. The third-order valence-electron chi connectivity index (χ3n) is 2.53. The van der Waals surface area contributed by atoms with Crippen LogP contribution in [0.5, 0.6) is 5.75 Å². The van der Waals surface area contributed by atoms with Gasteiger partial charge in [0.1, 0.15) is 5.75 Å². The Morgan fingerprint density at radius 1 is 1.18 bits per heavy atom. The van der Waals surface area contributed by atoms with E-state index in [1.54, 1.807) is 13.8 Å². The van der Waals surface area contributed by atoms with Gasteiger partial charge in [-0.25, -0.2) is 0 Å². The van der Waals surface area contributed by atoms with Crippen LogP contribution in [0, 0.1) is 0 Å². The van der Waals surface area contributed by atoms with Crippen LogP contribution in [0.25, 0.3) is 0 Å². The summed E-state index contributed by atoms with van der Waals surface area (Å²) < 4.78 is 33.1. The summed E-state index contributed by atoms with van der Waals surface area (Å²) in [5.74, 6) is -0.598. The zero-order valence-corrected chi connectivity index (χ0v) is 12.5. The van der Waals surface area contributed by atoms with Gasteiger partial charge in [0, 0.05) is 6.54 Å². The molecular formula is C15H19F2NO4. The number of esters is 1. The summed E-state index contributed by atoms with van der Waals surface area (Å²) in [7, 11) is 0. The van der Waals surface area contributed by atoms with Crippen LogP contribution in [-0.4, -0.2) is 31.1 Å². The largest absolute Gasteiger partial charge is 0.463 e. The van der Waals surface area contributed by atoms with Crippen molar-refractivity contribution < 1.29 is 27.8 Å². The van der Waals surface area contributed by atoms with E-state index in [2.05, 4.69) is 10.1 Å². The number of benzene rings is 1. The summed E-state index contributed by atoms with van der Waals surface area (Å²) in [6, 6.07) is 5.80. The zero-order chi connectivity index (χ0) is 16.5. The molecule has 0 aliphatic carbocycles. The molecular weight excluding hydrogens is 296 g/mol. The standard InChI is InChI=1S/C15H19F2NO4/c1-10(2)21-14(20)7-8-18-13(19)9-11-3-5-12(6-4-11)22-15(16)17/h3-6,10,15H,7-9H2,1-2H3,(H,18,19). The van der Waals surface area contributed by atoms with Gasteiger partial charge in [0.15, 0.2) is 0 Å². The van der Waals surface area contributed by atoms with Crippen molar-refractivity contribution in [2.75, 3.05) is 6.54 Å². The fourth-order valence-corrected chi connectivity index (χ4v) is 1.66. The van der Waals surface area contributed by atoms with Crippen molar-refractivity contribution >= 4 is 11.9 Å². The lowest BCUT2D eigenvalue weighted by molar-refractivity contribution is -0.147. The molecule has 0 atom stereocenters. The van der Waals surface area contributed by atoms with Gasteiger partial charge in [0.2, 0.25) is 5.91 Å². The molecule has 0 radical (unpaired) electrons. The van der Waals surface area contributed by atoms with E-state index in [0.717, 1.165) is 0 Å². The van der Waals surface area contributed by atoms with Crippen molar-refractivity contribution in [1.82, 2.24) is 5.32 Å². The lowest BCUT2D eigenvalue weighted by atomic mass is 10.1. The Balaban J connectivity index is 2.31. The quantitative estimate of drug-likeness (QED) is 0.748. The summed E-state index contributed by atoms with van der Waals surface area (Å²) in [4.78, 5) is 22.9. The Morgan fingerprint density at radius 2 is 1.82 bits per heavy atom. The predicted octanol–water partition coefficient (Wildman–Crippen LogP) is 2.29. The van der Waals surface area contributed by atoms with Gasteiger partial charge in [0.05, 0.1) is 18.9 Å². The average Bonchev–Trinajstić information content (AvgIpc) is 2.39. The second-order valence-electron chi connectivity index (χ2n) is 4.84. The summed E-state index contributed by atoms with van der Waals surface area (Å²) in [5.41, 5.74) is 0.656.